The summed E-state index contributed by atoms with van der Waals surface area (Å²) in [5.74, 6) is -1.40. The molecule has 32 heavy (non-hydrogen) atoms. The molecule has 1 amide bonds. The van der Waals surface area contributed by atoms with E-state index in [9.17, 15) is 18.0 Å². The minimum Gasteiger partial charge on any atom is -0.452 e. The summed E-state index contributed by atoms with van der Waals surface area (Å²) in [6.07, 6.45) is 1.49. The quantitative estimate of drug-likeness (QED) is 0.583. The molecule has 2 aromatic rings. The molecule has 1 aliphatic rings. The second-order valence-electron chi connectivity index (χ2n) is 7.45. The van der Waals surface area contributed by atoms with E-state index in [2.05, 4.69) is 5.32 Å². The van der Waals surface area contributed by atoms with Crippen molar-refractivity contribution in [3.8, 4) is 0 Å². The molecule has 0 fully saturated rings. The third-order valence-electron chi connectivity index (χ3n) is 4.97. The Kier molecular flexibility index (Phi) is 7.76. The molecule has 0 aliphatic carbocycles. The third kappa shape index (κ3) is 5.40. The Morgan fingerprint density at radius 2 is 1.97 bits per heavy atom. The van der Waals surface area contributed by atoms with Crippen LogP contribution in [0.4, 0.5) is 5.69 Å². The van der Waals surface area contributed by atoms with Gasteiger partial charge in [0.15, 0.2) is 6.61 Å². The predicted octanol–water partition coefficient (Wildman–Crippen LogP) is 2.79. The summed E-state index contributed by atoms with van der Waals surface area (Å²) in [5.41, 5.74) is 1.44. The molecule has 1 aliphatic heterocycles. The van der Waals surface area contributed by atoms with E-state index in [1.54, 1.807) is 19.1 Å². The first-order valence-electron chi connectivity index (χ1n) is 10.1. The Hall–Kier alpha value is -2.62. The van der Waals surface area contributed by atoms with Crippen LogP contribution >= 0.6 is 11.6 Å². The van der Waals surface area contributed by atoms with Gasteiger partial charge in [-0.2, -0.15) is 0 Å². The van der Waals surface area contributed by atoms with Gasteiger partial charge in [0.1, 0.15) is 0 Å². The largest absolute Gasteiger partial charge is 0.452 e. The van der Waals surface area contributed by atoms with Crippen LogP contribution in [0.1, 0.15) is 29.3 Å². The number of hydrogen-bond donors (Lipinski definition) is 1. The molecule has 0 aromatic heterocycles. The first kappa shape index (κ1) is 24.0. The number of ether oxygens (including phenoxy) is 2. The lowest BCUT2D eigenvalue weighted by atomic mass is 10.0. The number of halogens is 1. The van der Waals surface area contributed by atoms with Gasteiger partial charge in [-0.3, -0.25) is 9.10 Å². The van der Waals surface area contributed by atoms with Gasteiger partial charge in [-0.25, -0.2) is 13.2 Å². The first-order chi connectivity index (χ1) is 15.2. The second-order valence-corrected chi connectivity index (χ2v) is 9.72. The fourth-order valence-electron chi connectivity index (χ4n) is 3.51. The molecule has 0 radical (unpaired) electrons. The summed E-state index contributed by atoms with van der Waals surface area (Å²) in [4.78, 5) is 24.4. The van der Waals surface area contributed by atoms with Gasteiger partial charge in [-0.15, -0.1) is 0 Å². The maximum absolute atomic E-state index is 13.3. The minimum absolute atomic E-state index is 0.0288. The Balaban J connectivity index is 1.78. The van der Waals surface area contributed by atoms with E-state index < -0.39 is 28.5 Å². The summed E-state index contributed by atoms with van der Waals surface area (Å²) in [7, 11) is -2.42. The summed E-state index contributed by atoms with van der Waals surface area (Å²) in [5, 5.41) is 2.64. The van der Waals surface area contributed by atoms with Crippen molar-refractivity contribution >= 4 is 39.2 Å². The number of benzene rings is 2. The number of anilines is 1. The molecule has 1 N–H and O–H groups in total. The van der Waals surface area contributed by atoms with Crippen molar-refractivity contribution in [2.75, 3.05) is 31.2 Å². The van der Waals surface area contributed by atoms with Crippen molar-refractivity contribution in [2.45, 2.75) is 30.7 Å². The number of para-hydroxylation sites is 1. The lowest BCUT2D eigenvalue weighted by Gasteiger charge is -2.30. The Labute approximate surface area is 192 Å². The number of aryl methyl sites for hydroxylation is 1. The zero-order chi connectivity index (χ0) is 23.3. The van der Waals surface area contributed by atoms with Gasteiger partial charge in [0, 0.05) is 19.7 Å². The fraction of sp³-hybridized carbons (Fsp3) is 0.364. The van der Waals surface area contributed by atoms with Crippen molar-refractivity contribution < 1.29 is 27.5 Å². The third-order valence-corrected chi connectivity index (χ3v) is 7.11. The van der Waals surface area contributed by atoms with Crippen molar-refractivity contribution in [1.29, 1.82) is 0 Å². The zero-order valence-electron chi connectivity index (χ0n) is 17.8. The number of carbonyl (C=O) groups excluding carboxylic acids is 2. The highest BCUT2D eigenvalue weighted by Gasteiger charge is 2.30. The molecule has 0 bridgehead atoms. The monoisotopic (exact) mass is 480 g/mol. The van der Waals surface area contributed by atoms with Gasteiger partial charge >= 0.3 is 5.97 Å². The number of esters is 1. The molecule has 0 spiro atoms. The lowest BCUT2D eigenvalue weighted by molar-refractivity contribution is -0.125. The van der Waals surface area contributed by atoms with Gasteiger partial charge < -0.3 is 14.8 Å². The minimum atomic E-state index is -3.93. The number of methoxy groups -OCH3 is 1. The lowest BCUT2D eigenvalue weighted by Crippen LogP contribution is -2.38. The van der Waals surface area contributed by atoms with E-state index in [4.69, 9.17) is 21.1 Å². The Morgan fingerprint density at radius 1 is 1.22 bits per heavy atom. The Morgan fingerprint density at radius 3 is 2.72 bits per heavy atom. The van der Waals surface area contributed by atoms with Crippen molar-refractivity contribution in [2.24, 2.45) is 0 Å². The molecule has 1 atom stereocenters. The molecule has 2 aromatic carbocycles. The maximum atomic E-state index is 13.3. The van der Waals surface area contributed by atoms with Crippen molar-refractivity contribution in [1.82, 2.24) is 5.32 Å². The Bertz CT molecular complexity index is 1110. The number of nitrogens with zero attached hydrogens (tertiary/aromatic N) is 1. The summed E-state index contributed by atoms with van der Waals surface area (Å²) in [6, 6.07) is 10.9. The normalized spacial score (nSPS) is 14.4. The standard InChI is InChI=1S/C22H25ClN2O6S/c1-15(13-30-2)24-21(26)14-31-22(27)18-12-17(9-10-19(18)23)32(28,29)25-11-5-7-16-6-3-4-8-20(16)25/h3-4,6,8-10,12,15H,5,7,11,13-14H2,1-2H3,(H,24,26). The summed E-state index contributed by atoms with van der Waals surface area (Å²) < 4.78 is 38.0. The van der Waals surface area contributed by atoms with E-state index in [0.29, 0.717) is 25.3 Å². The van der Waals surface area contributed by atoms with E-state index in [1.165, 1.54) is 29.6 Å². The number of amides is 1. The van der Waals surface area contributed by atoms with E-state index in [-0.39, 0.29) is 21.5 Å². The van der Waals surface area contributed by atoms with Gasteiger partial charge in [0.05, 0.1) is 27.8 Å². The highest BCUT2D eigenvalue weighted by Crippen LogP contribution is 2.32. The van der Waals surface area contributed by atoms with Crippen LogP contribution in [0.2, 0.25) is 5.02 Å². The molecule has 0 saturated carbocycles. The fourth-order valence-corrected chi connectivity index (χ4v) is 5.28. The summed E-state index contributed by atoms with van der Waals surface area (Å²) >= 11 is 6.12. The number of carbonyl (C=O) groups is 2. The predicted molar refractivity (Wildman–Crippen MR) is 121 cm³/mol. The smallest absolute Gasteiger partial charge is 0.340 e. The van der Waals surface area contributed by atoms with Gasteiger partial charge in [-0.1, -0.05) is 29.8 Å². The van der Waals surface area contributed by atoms with Crippen molar-refractivity contribution in [3.05, 3.63) is 58.6 Å². The number of sulfonamides is 1. The molecule has 0 saturated heterocycles. The van der Waals surface area contributed by atoms with Crippen molar-refractivity contribution in [3.63, 3.8) is 0 Å². The molecule has 1 heterocycles. The molecule has 172 valence electrons. The van der Waals surface area contributed by atoms with E-state index in [1.807, 2.05) is 12.1 Å². The van der Waals surface area contributed by atoms with Crippen LogP contribution in [0.25, 0.3) is 0 Å². The molecular formula is C22H25ClN2O6S. The van der Waals surface area contributed by atoms with E-state index >= 15 is 0 Å². The van der Waals surface area contributed by atoms with Crippen LogP contribution in [0, 0.1) is 0 Å². The van der Waals surface area contributed by atoms with Crippen LogP contribution < -0.4 is 9.62 Å². The highest BCUT2D eigenvalue weighted by atomic mass is 35.5. The molecule has 10 heteroatoms. The average molecular weight is 481 g/mol. The van der Waals surface area contributed by atoms with Gasteiger partial charge in [-0.05, 0) is 49.6 Å². The SMILES string of the molecule is COCC(C)NC(=O)COC(=O)c1cc(S(=O)(=O)N2CCCc3ccccc32)ccc1Cl. The second kappa shape index (κ2) is 10.3. The van der Waals surface area contributed by atoms with Crippen LogP contribution in [0.15, 0.2) is 47.4 Å². The highest BCUT2D eigenvalue weighted by molar-refractivity contribution is 7.92. The molecule has 8 nitrogen and oxygen atoms in total. The zero-order valence-corrected chi connectivity index (χ0v) is 19.4. The molecular weight excluding hydrogens is 456 g/mol. The number of fused-ring (bicyclic) bond motifs is 1. The molecule has 3 rings (SSSR count). The first-order valence-corrected chi connectivity index (χ1v) is 11.9. The summed E-state index contributed by atoms with van der Waals surface area (Å²) in [6.45, 7) is 1.86. The van der Waals surface area contributed by atoms with Gasteiger partial charge in [0.25, 0.3) is 15.9 Å². The topological polar surface area (TPSA) is 102 Å². The van der Waals surface area contributed by atoms with Crippen LogP contribution in [-0.4, -0.2) is 53.2 Å². The molecule has 1 unspecified atom stereocenters. The number of nitrogens with one attached hydrogen (secondary N) is 1. The van der Waals surface area contributed by atoms with E-state index in [0.717, 1.165) is 12.0 Å². The van der Waals surface area contributed by atoms with Crippen LogP contribution in [0.5, 0.6) is 0 Å². The number of hydrogen-bond acceptors (Lipinski definition) is 6. The van der Waals surface area contributed by atoms with Gasteiger partial charge in [0.2, 0.25) is 0 Å². The van der Waals surface area contributed by atoms with Crippen LogP contribution in [-0.2, 0) is 30.7 Å². The maximum Gasteiger partial charge on any atom is 0.340 e. The number of rotatable bonds is 8. The van der Waals surface area contributed by atoms with Crippen LogP contribution in [0.3, 0.4) is 0 Å². The average Bonchev–Trinajstić information content (AvgIpc) is 2.77.